The van der Waals surface area contributed by atoms with Crippen LogP contribution in [0.2, 0.25) is 5.02 Å². The number of aliphatic hydroxyl groups excluding tert-OH is 1. The number of piperidine rings is 1. The van der Waals surface area contributed by atoms with E-state index in [1.807, 2.05) is 11.9 Å². The van der Waals surface area contributed by atoms with E-state index in [0.717, 1.165) is 12.1 Å². The molecule has 11 heteroatoms. The summed E-state index contributed by atoms with van der Waals surface area (Å²) in [6.07, 6.45) is -0.601. The van der Waals surface area contributed by atoms with Gasteiger partial charge in [0, 0.05) is 35.7 Å². The second-order valence-corrected chi connectivity index (χ2v) is 9.23. The molecule has 170 valence electrons. The molecule has 4 rings (SSSR count). The number of likely N-dealkylation sites (N-methyl/N-ethyl adjacent to an activating group) is 1. The molecular weight excluding hydrogens is 461 g/mol. The molecule has 9 nitrogen and oxygen atoms in total. The predicted molar refractivity (Wildman–Crippen MR) is 118 cm³/mol. The lowest BCUT2D eigenvalue weighted by Crippen LogP contribution is -2.40. The zero-order chi connectivity index (χ0) is 24.1. The summed E-state index contributed by atoms with van der Waals surface area (Å²) in [5.74, 6) is -1.71. The fourth-order valence-corrected chi connectivity index (χ4v) is 4.66. The number of phenolic OH excluding ortho intramolecular Hbond substituents is 1. The Balaban J connectivity index is 2.06. The SMILES string of the molecule is [2H]c1cccc(-c2cc(=O)c3c(O)cc(OP(=O)(O)O)c(C4CCN(C)CC4O)c3o2)c1Cl. The Labute approximate surface area is 189 Å². The van der Waals surface area contributed by atoms with Gasteiger partial charge in [-0.2, -0.15) is 0 Å². The van der Waals surface area contributed by atoms with Crippen LogP contribution in [0.25, 0.3) is 22.3 Å². The highest BCUT2D eigenvalue weighted by Gasteiger charge is 2.35. The Hall–Kier alpha value is -2.39. The van der Waals surface area contributed by atoms with Gasteiger partial charge in [-0.05, 0) is 32.1 Å². The molecular formula is C21H21ClNO8P. The summed E-state index contributed by atoms with van der Waals surface area (Å²) in [5, 5.41) is 21.1. The molecule has 1 aliphatic rings. The minimum atomic E-state index is -5.06. The summed E-state index contributed by atoms with van der Waals surface area (Å²) in [7, 11) is -3.25. The van der Waals surface area contributed by atoms with Crippen molar-refractivity contribution in [3.63, 3.8) is 0 Å². The normalized spacial score (nSPS) is 20.3. The van der Waals surface area contributed by atoms with Crippen molar-refractivity contribution in [1.82, 2.24) is 4.90 Å². The van der Waals surface area contributed by atoms with Crippen LogP contribution in [0.15, 0.2) is 45.6 Å². The average molecular weight is 483 g/mol. The Morgan fingerprint density at radius 2 is 2.09 bits per heavy atom. The van der Waals surface area contributed by atoms with E-state index in [0.29, 0.717) is 13.0 Å². The van der Waals surface area contributed by atoms with Crippen LogP contribution in [0.3, 0.4) is 0 Å². The van der Waals surface area contributed by atoms with Crippen LogP contribution in [0, 0.1) is 0 Å². The zero-order valence-corrected chi connectivity index (χ0v) is 18.5. The molecule has 2 atom stereocenters. The van der Waals surface area contributed by atoms with Crippen LogP contribution in [0.5, 0.6) is 11.5 Å². The number of nitrogens with zero attached hydrogens (tertiary/aromatic N) is 1. The second kappa shape index (κ2) is 8.51. The number of hydrogen-bond acceptors (Lipinski definition) is 7. The monoisotopic (exact) mass is 482 g/mol. The van der Waals surface area contributed by atoms with E-state index in [1.54, 1.807) is 12.1 Å². The van der Waals surface area contributed by atoms with Crippen LogP contribution < -0.4 is 9.95 Å². The largest absolute Gasteiger partial charge is 0.524 e. The fourth-order valence-electron chi connectivity index (χ4n) is 4.03. The lowest BCUT2D eigenvalue weighted by atomic mass is 9.85. The number of hydrogen-bond donors (Lipinski definition) is 4. The maximum atomic E-state index is 13.0. The molecule has 3 aromatic rings. The van der Waals surface area contributed by atoms with Gasteiger partial charge < -0.3 is 24.1 Å². The maximum Gasteiger partial charge on any atom is 0.524 e. The number of benzene rings is 2. The number of β-amino-alcohol motifs (C(OH)–C–C–N with tert-alkyl or cyclic N) is 1. The first kappa shape index (κ1) is 21.5. The van der Waals surface area contributed by atoms with Gasteiger partial charge in [-0.1, -0.05) is 23.7 Å². The molecule has 0 spiro atoms. The van der Waals surface area contributed by atoms with Crippen molar-refractivity contribution in [3.8, 4) is 22.8 Å². The number of likely N-dealkylation sites (tertiary alicyclic amines) is 1. The van der Waals surface area contributed by atoms with Gasteiger partial charge in [0.25, 0.3) is 0 Å². The van der Waals surface area contributed by atoms with Gasteiger partial charge in [0.05, 0.1) is 12.5 Å². The predicted octanol–water partition coefficient (Wildman–Crippen LogP) is 3.07. The van der Waals surface area contributed by atoms with Crippen LogP contribution in [0.4, 0.5) is 0 Å². The third kappa shape index (κ3) is 4.41. The van der Waals surface area contributed by atoms with E-state index in [1.165, 1.54) is 6.07 Å². The molecule has 2 unspecified atom stereocenters. The number of phosphoric acid groups is 1. The Morgan fingerprint density at radius 3 is 2.78 bits per heavy atom. The lowest BCUT2D eigenvalue weighted by molar-refractivity contribution is 0.0632. The first-order valence-electron chi connectivity index (χ1n) is 10.2. The van der Waals surface area contributed by atoms with Crippen molar-refractivity contribution < 1.29 is 34.9 Å². The van der Waals surface area contributed by atoms with Crippen molar-refractivity contribution >= 4 is 30.4 Å². The van der Waals surface area contributed by atoms with E-state index in [-0.39, 0.29) is 45.5 Å². The average Bonchev–Trinajstić information content (AvgIpc) is 2.69. The fraction of sp³-hybridized carbons (Fsp3) is 0.286. The number of fused-ring (bicyclic) bond motifs is 1. The summed E-state index contributed by atoms with van der Waals surface area (Å²) >= 11 is 6.24. The van der Waals surface area contributed by atoms with Crippen LogP contribution >= 0.6 is 19.4 Å². The number of aliphatic hydroxyl groups is 1. The van der Waals surface area contributed by atoms with Gasteiger partial charge in [-0.15, -0.1) is 0 Å². The molecule has 1 saturated heterocycles. The molecule has 1 fully saturated rings. The first-order valence-corrected chi connectivity index (χ1v) is 11.6. The zero-order valence-electron chi connectivity index (χ0n) is 17.9. The summed E-state index contributed by atoms with van der Waals surface area (Å²) < 4.78 is 30.4. The third-order valence-corrected chi connectivity index (χ3v) is 6.17. The van der Waals surface area contributed by atoms with E-state index >= 15 is 0 Å². The quantitative estimate of drug-likeness (QED) is 0.413. The molecule has 0 saturated carbocycles. The van der Waals surface area contributed by atoms with Crippen molar-refractivity contribution in [2.75, 3.05) is 20.1 Å². The van der Waals surface area contributed by atoms with Gasteiger partial charge in [0.2, 0.25) is 0 Å². The summed E-state index contributed by atoms with van der Waals surface area (Å²) in [4.78, 5) is 33.7. The molecule has 2 heterocycles. The molecule has 0 amide bonds. The van der Waals surface area contributed by atoms with Gasteiger partial charge >= 0.3 is 7.82 Å². The highest BCUT2D eigenvalue weighted by atomic mass is 35.5. The molecule has 0 radical (unpaired) electrons. The molecule has 32 heavy (non-hydrogen) atoms. The third-order valence-electron chi connectivity index (χ3n) is 5.43. The highest BCUT2D eigenvalue weighted by Crippen LogP contribution is 2.48. The topological polar surface area (TPSA) is 141 Å². The van der Waals surface area contributed by atoms with Crippen molar-refractivity contribution in [3.05, 3.63) is 57.2 Å². The van der Waals surface area contributed by atoms with E-state index in [4.69, 9.17) is 21.9 Å². The molecule has 0 aliphatic carbocycles. The number of aromatic hydroxyl groups is 1. The number of rotatable bonds is 4. The maximum absolute atomic E-state index is 13.0. The Bertz CT molecular complexity index is 1340. The van der Waals surface area contributed by atoms with Gasteiger partial charge in [0.15, 0.2) is 5.43 Å². The summed E-state index contributed by atoms with van der Waals surface area (Å²) in [6, 6.07) is 6.62. The van der Waals surface area contributed by atoms with Gasteiger partial charge in [-0.3, -0.25) is 14.6 Å². The molecule has 0 bridgehead atoms. The van der Waals surface area contributed by atoms with Crippen molar-refractivity contribution in [1.29, 1.82) is 0 Å². The number of phosphoric ester groups is 1. The van der Waals surface area contributed by atoms with Crippen LogP contribution in [-0.4, -0.2) is 51.1 Å². The van der Waals surface area contributed by atoms with Gasteiger partial charge in [0.1, 0.15) is 28.2 Å². The second-order valence-electron chi connectivity index (χ2n) is 7.69. The summed E-state index contributed by atoms with van der Waals surface area (Å²) in [6.45, 7) is 0.815. The first-order chi connectivity index (χ1) is 15.5. The smallest absolute Gasteiger partial charge is 0.507 e. The minimum Gasteiger partial charge on any atom is -0.507 e. The van der Waals surface area contributed by atoms with Crippen molar-refractivity contribution in [2.24, 2.45) is 0 Å². The van der Waals surface area contributed by atoms with E-state index in [2.05, 4.69) is 0 Å². The highest BCUT2D eigenvalue weighted by molar-refractivity contribution is 7.46. The summed E-state index contributed by atoms with van der Waals surface area (Å²) in [5.41, 5.74) is -0.509. The number of phenols is 1. The van der Waals surface area contributed by atoms with Crippen molar-refractivity contribution in [2.45, 2.75) is 18.4 Å². The lowest BCUT2D eigenvalue weighted by Gasteiger charge is -2.34. The van der Waals surface area contributed by atoms with Gasteiger partial charge in [-0.25, -0.2) is 4.57 Å². The molecule has 1 aromatic heterocycles. The standard InChI is InChI=1S/C21H21ClNO8P/c1-23-7-6-12(16(26)10-23)19-18(31-32(27,28)29)9-15(25)20-14(24)8-17(30-21(19)20)11-4-2-3-5-13(11)22/h2-5,8-9,12,16,25-26H,6-7,10H2,1H3,(H2,27,28,29)/i5D. The van der Waals surface area contributed by atoms with E-state index < -0.39 is 36.8 Å². The molecule has 4 N–H and O–H groups in total. The molecule has 1 aliphatic heterocycles. The van der Waals surface area contributed by atoms with Crippen LogP contribution in [0.1, 0.15) is 19.3 Å². The minimum absolute atomic E-state index is 0.00399. The Morgan fingerprint density at radius 1 is 1.34 bits per heavy atom. The molecule has 2 aromatic carbocycles. The Kier molecular flexibility index (Phi) is 5.71. The number of halogens is 1. The van der Waals surface area contributed by atoms with E-state index in [9.17, 15) is 29.4 Å². The van der Waals surface area contributed by atoms with Crippen LogP contribution in [-0.2, 0) is 4.57 Å².